The fourth-order valence-corrected chi connectivity index (χ4v) is 3.41. The van der Waals surface area contributed by atoms with Gasteiger partial charge in [-0.25, -0.2) is 0 Å². The highest BCUT2D eigenvalue weighted by molar-refractivity contribution is 5.81. The molecule has 0 N–H and O–H groups in total. The minimum Gasteiger partial charge on any atom is -0.299 e. The van der Waals surface area contributed by atoms with Crippen molar-refractivity contribution >= 4 is 5.78 Å². The quantitative estimate of drug-likeness (QED) is 0.693. The number of Topliss-reactive ketones (excluding diaryl/α,β-unsaturated/α-hetero) is 1. The molecule has 0 aliphatic heterocycles. The van der Waals surface area contributed by atoms with E-state index in [9.17, 15) is 4.79 Å². The van der Waals surface area contributed by atoms with Crippen LogP contribution in [-0.2, 0) is 4.79 Å². The Balaban J connectivity index is 1.73. The lowest BCUT2D eigenvalue weighted by Gasteiger charge is -2.28. The van der Waals surface area contributed by atoms with Crippen LogP contribution in [0.1, 0.15) is 71.1 Å². The van der Waals surface area contributed by atoms with Gasteiger partial charge >= 0.3 is 0 Å². The smallest absolute Gasteiger partial charge is 0.136 e. The van der Waals surface area contributed by atoms with Gasteiger partial charge in [-0.2, -0.15) is 0 Å². The first-order valence-electron chi connectivity index (χ1n) is 7.28. The molecule has 0 aromatic rings. The molecule has 0 radical (unpaired) electrons. The van der Waals surface area contributed by atoms with Crippen LogP contribution < -0.4 is 0 Å². The molecule has 16 heavy (non-hydrogen) atoms. The Morgan fingerprint density at radius 3 is 2.19 bits per heavy atom. The second-order valence-electron chi connectivity index (χ2n) is 6.13. The molecule has 2 saturated carbocycles. The van der Waals surface area contributed by atoms with Gasteiger partial charge in [-0.3, -0.25) is 4.79 Å². The van der Waals surface area contributed by atoms with Gasteiger partial charge in [0.05, 0.1) is 0 Å². The highest BCUT2D eigenvalue weighted by Crippen LogP contribution is 2.33. The monoisotopic (exact) mass is 222 g/mol. The maximum Gasteiger partial charge on any atom is 0.136 e. The van der Waals surface area contributed by atoms with Crippen LogP contribution in [0.3, 0.4) is 0 Å². The van der Waals surface area contributed by atoms with Crippen LogP contribution in [0.15, 0.2) is 0 Å². The van der Waals surface area contributed by atoms with Crippen LogP contribution in [0.4, 0.5) is 0 Å². The maximum atomic E-state index is 12.1. The Kier molecular flexibility index (Phi) is 4.43. The van der Waals surface area contributed by atoms with Crippen LogP contribution in [-0.4, -0.2) is 5.78 Å². The van der Waals surface area contributed by atoms with Crippen molar-refractivity contribution in [3.8, 4) is 0 Å². The highest BCUT2D eigenvalue weighted by atomic mass is 16.1. The van der Waals surface area contributed by atoms with Crippen molar-refractivity contribution in [2.24, 2.45) is 17.8 Å². The molecule has 2 aliphatic rings. The summed E-state index contributed by atoms with van der Waals surface area (Å²) in [4.78, 5) is 12.1. The first-order chi connectivity index (χ1) is 7.75. The van der Waals surface area contributed by atoms with E-state index in [2.05, 4.69) is 6.92 Å². The number of hydrogen-bond acceptors (Lipinski definition) is 1. The average molecular weight is 222 g/mol. The molecule has 0 unspecified atom stereocenters. The van der Waals surface area contributed by atoms with Gasteiger partial charge in [-0.1, -0.05) is 39.0 Å². The van der Waals surface area contributed by atoms with E-state index >= 15 is 0 Å². The van der Waals surface area contributed by atoms with Crippen molar-refractivity contribution in [3.05, 3.63) is 0 Å². The highest BCUT2D eigenvalue weighted by Gasteiger charge is 2.25. The van der Waals surface area contributed by atoms with E-state index in [0.29, 0.717) is 11.7 Å². The lowest BCUT2D eigenvalue weighted by Crippen LogP contribution is -2.22. The fourth-order valence-electron chi connectivity index (χ4n) is 3.41. The van der Waals surface area contributed by atoms with Crippen molar-refractivity contribution in [1.82, 2.24) is 0 Å². The molecule has 0 aromatic carbocycles. The second-order valence-corrected chi connectivity index (χ2v) is 6.13. The second kappa shape index (κ2) is 5.84. The zero-order valence-electron chi connectivity index (χ0n) is 10.7. The van der Waals surface area contributed by atoms with E-state index in [4.69, 9.17) is 0 Å². The summed E-state index contributed by atoms with van der Waals surface area (Å²) in [6, 6.07) is 0. The molecule has 0 atom stereocenters. The predicted octanol–water partition coefficient (Wildman–Crippen LogP) is 4.35. The Labute approximate surface area is 100.0 Å². The van der Waals surface area contributed by atoms with Crippen molar-refractivity contribution in [1.29, 1.82) is 0 Å². The molecule has 1 heteroatoms. The minimum atomic E-state index is 0.438. The summed E-state index contributed by atoms with van der Waals surface area (Å²) in [6.45, 7) is 2.35. The first kappa shape index (κ1) is 12.1. The molecular formula is C15H26O. The van der Waals surface area contributed by atoms with E-state index in [1.807, 2.05) is 0 Å². The third kappa shape index (κ3) is 3.33. The number of rotatable bonds is 3. The van der Waals surface area contributed by atoms with Gasteiger partial charge < -0.3 is 0 Å². The van der Waals surface area contributed by atoms with Gasteiger partial charge in [0.1, 0.15) is 5.78 Å². The van der Waals surface area contributed by atoms with Crippen LogP contribution in [0.5, 0.6) is 0 Å². The molecule has 0 bridgehead atoms. The van der Waals surface area contributed by atoms with Crippen molar-refractivity contribution < 1.29 is 4.79 Å². The lowest BCUT2D eigenvalue weighted by molar-refractivity contribution is -0.125. The standard InChI is InChI=1S/C15H26O/c1-12-7-9-13(10-8-12)11-15(16)14-5-3-2-4-6-14/h12-14H,2-11H2,1H3. The number of carbonyl (C=O) groups is 1. The Morgan fingerprint density at radius 1 is 0.938 bits per heavy atom. The summed E-state index contributed by atoms with van der Waals surface area (Å²) in [5.74, 6) is 2.67. The molecule has 0 heterocycles. The SMILES string of the molecule is CC1CCC(CC(=O)C2CCCCC2)CC1. The number of ketones is 1. The molecule has 1 nitrogen and oxygen atoms in total. The summed E-state index contributed by atoms with van der Waals surface area (Å²) in [7, 11) is 0. The normalized spacial score (nSPS) is 32.6. The molecule has 92 valence electrons. The first-order valence-corrected chi connectivity index (χ1v) is 7.28. The molecule has 0 spiro atoms. The Hall–Kier alpha value is -0.330. The maximum absolute atomic E-state index is 12.1. The van der Waals surface area contributed by atoms with E-state index in [1.54, 1.807) is 0 Å². The summed E-state index contributed by atoms with van der Waals surface area (Å²) in [5, 5.41) is 0. The zero-order chi connectivity index (χ0) is 11.4. The van der Waals surface area contributed by atoms with Gasteiger partial charge in [-0.05, 0) is 37.5 Å². The molecule has 0 saturated heterocycles. The third-order valence-electron chi connectivity index (χ3n) is 4.69. The number of hydrogen-bond donors (Lipinski definition) is 0. The van der Waals surface area contributed by atoms with Crippen LogP contribution in [0, 0.1) is 17.8 Å². The van der Waals surface area contributed by atoms with Gasteiger partial charge in [0.2, 0.25) is 0 Å². The van der Waals surface area contributed by atoms with Crippen molar-refractivity contribution in [2.45, 2.75) is 71.1 Å². The minimum absolute atomic E-state index is 0.438. The molecule has 0 amide bonds. The zero-order valence-corrected chi connectivity index (χ0v) is 10.7. The van der Waals surface area contributed by atoms with Crippen LogP contribution in [0.2, 0.25) is 0 Å². The summed E-state index contributed by atoms with van der Waals surface area (Å²) in [6.07, 6.45) is 12.5. The predicted molar refractivity (Wildman–Crippen MR) is 67.3 cm³/mol. The molecular weight excluding hydrogens is 196 g/mol. The molecule has 0 aromatic heterocycles. The van der Waals surface area contributed by atoms with E-state index in [-0.39, 0.29) is 0 Å². The fraction of sp³-hybridized carbons (Fsp3) is 0.933. The van der Waals surface area contributed by atoms with Crippen molar-refractivity contribution in [2.75, 3.05) is 0 Å². The van der Waals surface area contributed by atoms with E-state index < -0.39 is 0 Å². The van der Waals surface area contributed by atoms with Crippen molar-refractivity contribution in [3.63, 3.8) is 0 Å². The van der Waals surface area contributed by atoms with E-state index in [0.717, 1.165) is 18.3 Å². The third-order valence-corrected chi connectivity index (χ3v) is 4.69. The molecule has 2 aliphatic carbocycles. The molecule has 2 rings (SSSR count). The summed E-state index contributed by atoms with van der Waals surface area (Å²) in [5.41, 5.74) is 0. The van der Waals surface area contributed by atoms with Gasteiger partial charge in [0.25, 0.3) is 0 Å². The number of carbonyl (C=O) groups excluding carboxylic acids is 1. The topological polar surface area (TPSA) is 17.1 Å². The van der Waals surface area contributed by atoms with Crippen LogP contribution in [0.25, 0.3) is 0 Å². The molecule has 2 fully saturated rings. The Morgan fingerprint density at radius 2 is 1.56 bits per heavy atom. The summed E-state index contributed by atoms with van der Waals surface area (Å²) >= 11 is 0. The van der Waals surface area contributed by atoms with Gasteiger partial charge in [0, 0.05) is 12.3 Å². The lowest BCUT2D eigenvalue weighted by atomic mass is 9.77. The van der Waals surface area contributed by atoms with Gasteiger partial charge in [0.15, 0.2) is 0 Å². The van der Waals surface area contributed by atoms with Crippen LogP contribution >= 0.6 is 0 Å². The van der Waals surface area contributed by atoms with Gasteiger partial charge in [-0.15, -0.1) is 0 Å². The van der Waals surface area contributed by atoms with E-state index in [1.165, 1.54) is 57.8 Å². The largest absolute Gasteiger partial charge is 0.299 e. The average Bonchev–Trinajstić information content (AvgIpc) is 2.33. The summed E-state index contributed by atoms with van der Waals surface area (Å²) < 4.78 is 0. The Bertz CT molecular complexity index is 220.